The van der Waals surface area contributed by atoms with Gasteiger partial charge < -0.3 is 5.32 Å². The molecule has 0 aliphatic rings. The molecule has 0 heterocycles. The van der Waals surface area contributed by atoms with Crippen molar-refractivity contribution in [1.29, 1.82) is 0 Å². The zero-order valence-corrected chi connectivity index (χ0v) is 13.8. The molecule has 0 aliphatic carbocycles. The monoisotopic (exact) mass is 339 g/mol. The first-order valence-electron chi connectivity index (χ1n) is 7.14. The van der Waals surface area contributed by atoms with Crippen molar-refractivity contribution in [2.45, 2.75) is 19.9 Å². The van der Waals surface area contributed by atoms with Crippen molar-refractivity contribution in [3.63, 3.8) is 0 Å². The highest BCUT2D eigenvalue weighted by atomic mass is 79.9. The second-order valence-electron chi connectivity index (χ2n) is 5.48. The lowest BCUT2D eigenvalue weighted by atomic mass is 10.1. The van der Waals surface area contributed by atoms with Gasteiger partial charge in [-0.1, -0.05) is 57.9 Å². The first kappa shape index (κ1) is 14.2. The van der Waals surface area contributed by atoms with Crippen LogP contribution in [0.25, 0.3) is 10.8 Å². The summed E-state index contributed by atoms with van der Waals surface area (Å²) in [6.07, 6.45) is 0. The van der Waals surface area contributed by atoms with Crippen LogP contribution in [0.5, 0.6) is 0 Å². The van der Waals surface area contributed by atoms with E-state index < -0.39 is 0 Å². The van der Waals surface area contributed by atoms with E-state index in [0.717, 1.165) is 10.2 Å². The van der Waals surface area contributed by atoms with Gasteiger partial charge in [0.1, 0.15) is 0 Å². The van der Waals surface area contributed by atoms with Crippen molar-refractivity contribution >= 4 is 32.4 Å². The van der Waals surface area contributed by atoms with Crippen LogP contribution in [0, 0.1) is 6.92 Å². The molecule has 0 bridgehead atoms. The van der Waals surface area contributed by atoms with E-state index in [-0.39, 0.29) is 0 Å². The van der Waals surface area contributed by atoms with Gasteiger partial charge >= 0.3 is 0 Å². The predicted molar refractivity (Wildman–Crippen MR) is 94.9 cm³/mol. The largest absolute Gasteiger partial charge is 0.379 e. The summed E-state index contributed by atoms with van der Waals surface area (Å²) in [6, 6.07) is 21.8. The van der Waals surface area contributed by atoms with E-state index in [1.807, 2.05) is 0 Å². The minimum absolute atomic E-state index is 0.290. The summed E-state index contributed by atoms with van der Waals surface area (Å²) in [6.45, 7) is 4.31. The minimum atomic E-state index is 0.290. The van der Waals surface area contributed by atoms with Gasteiger partial charge in [0.15, 0.2) is 0 Å². The maximum atomic E-state index is 3.57. The molecule has 1 nitrogen and oxygen atoms in total. The highest BCUT2D eigenvalue weighted by molar-refractivity contribution is 9.10. The minimum Gasteiger partial charge on any atom is -0.379 e. The SMILES string of the molecule is Cc1ccc(C(C)Nc2ccc3cc(Br)ccc3c2)cc1. The Kier molecular flexibility index (Phi) is 3.98. The highest BCUT2D eigenvalue weighted by Crippen LogP contribution is 2.25. The summed E-state index contributed by atoms with van der Waals surface area (Å²) in [7, 11) is 0. The summed E-state index contributed by atoms with van der Waals surface area (Å²) in [4.78, 5) is 0. The molecule has 106 valence electrons. The Morgan fingerprint density at radius 3 is 2.29 bits per heavy atom. The Morgan fingerprint density at radius 2 is 1.52 bits per heavy atom. The molecule has 0 saturated heterocycles. The molecular weight excluding hydrogens is 322 g/mol. The van der Waals surface area contributed by atoms with E-state index in [0.29, 0.717) is 6.04 Å². The third-order valence-corrected chi connectivity index (χ3v) is 4.26. The maximum absolute atomic E-state index is 3.57. The van der Waals surface area contributed by atoms with Crippen molar-refractivity contribution in [3.05, 3.63) is 76.3 Å². The number of anilines is 1. The van der Waals surface area contributed by atoms with Gasteiger partial charge in [0.2, 0.25) is 0 Å². The first-order chi connectivity index (χ1) is 10.1. The summed E-state index contributed by atoms with van der Waals surface area (Å²) in [5, 5.41) is 6.07. The van der Waals surface area contributed by atoms with Crippen molar-refractivity contribution in [3.8, 4) is 0 Å². The molecule has 1 atom stereocenters. The molecule has 0 amide bonds. The van der Waals surface area contributed by atoms with Crippen LogP contribution in [0.2, 0.25) is 0 Å². The van der Waals surface area contributed by atoms with Gasteiger partial charge in [0, 0.05) is 16.2 Å². The van der Waals surface area contributed by atoms with E-state index in [2.05, 4.69) is 95.8 Å². The van der Waals surface area contributed by atoms with Crippen LogP contribution in [0.4, 0.5) is 5.69 Å². The van der Waals surface area contributed by atoms with Crippen LogP contribution in [0.3, 0.4) is 0 Å². The Hall–Kier alpha value is -1.80. The zero-order valence-electron chi connectivity index (χ0n) is 12.2. The fourth-order valence-electron chi connectivity index (χ4n) is 2.49. The average molecular weight is 340 g/mol. The molecule has 0 aromatic heterocycles. The lowest BCUT2D eigenvalue weighted by Gasteiger charge is -2.16. The lowest BCUT2D eigenvalue weighted by Crippen LogP contribution is -2.06. The molecule has 1 unspecified atom stereocenters. The number of rotatable bonds is 3. The topological polar surface area (TPSA) is 12.0 Å². The number of nitrogens with one attached hydrogen (secondary N) is 1. The van der Waals surface area contributed by atoms with Crippen LogP contribution in [0.15, 0.2) is 65.1 Å². The molecule has 2 heteroatoms. The maximum Gasteiger partial charge on any atom is 0.0485 e. The van der Waals surface area contributed by atoms with Crippen molar-refractivity contribution < 1.29 is 0 Å². The second kappa shape index (κ2) is 5.90. The third kappa shape index (κ3) is 3.27. The van der Waals surface area contributed by atoms with Gasteiger partial charge in [0.05, 0.1) is 0 Å². The lowest BCUT2D eigenvalue weighted by molar-refractivity contribution is 0.884. The fourth-order valence-corrected chi connectivity index (χ4v) is 2.87. The quantitative estimate of drug-likeness (QED) is 0.609. The normalized spacial score (nSPS) is 12.3. The fraction of sp³-hybridized carbons (Fsp3) is 0.158. The van der Waals surface area contributed by atoms with Crippen molar-refractivity contribution in [2.24, 2.45) is 0 Å². The molecule has 1 N–H and O–H groups in total. The van der Waals surface area contributed by atoms with E-state index in [4.69, 9.17) is 0 Å². The van der Waals surface area contributed by atoms with Gasteiger partial charge in [-0.05, 0) is 54.4 Å². The van der Waals surface area contributed by atoms with Crippen LogP contribution in [0.1, 0.15) is 24.1 Å². The number of hydrogen-bond acceptors (Lipinski definition) is 1. The number of benzene rings is 3. The Morgan fingerprint density at radius 1 is 0.857 bits per heavy atom. The Balaban J connectivity index is 1.84. The van der Waals surface area contributed by atoms with E-state index in [1.54, 1.807) is 0 Å². The molecular formula is C19H18BrN. The second-order valence-corrected chi connectivity index (χ2v) is 6.40. The standard InChI is InChI=1S/C19H18BrN/c1-13-3-5-15(6-4-13)14(2)21-19-10-8-16-11-18(20)9-7-17(16)12-19/h3-12,14,21H,1-2H3. The number of halogens is 1. The van der Waals surface area contributed by atoms with E-state index in [9.17, 15) is 0 Å². The Bertz CT molecular complexity index is 762. The van der Waals surface area contributed by atoms with Crippen molar-refractivity contribution in [1.82, 2.24) is 0 Å². The number of hydrogen-bond donors (Lipinski definition) is 1. The average Bonchev–Trinajstić information content (AvgIpc) is 2.48. The smallest absolute Gasteiger partial charge is 0.0485 e. The summed E-state index contributed by atoms with van der Waals surface area (Å²) < 4.78 is 1.11. The van der Waals surface area contributed by atoms with Gasteiger partial charge in [-0.3, -0.25) is 0 Å². The summed E-state index contributed by atoms with van der Waals surface area (Å²) in [5.74, 6) is 0. The molecule has 0 fully saturated rings. The number of aryl methyl sites for hydroxylation is 1. The van der Waals surface area contributed by atoms with E-state index >= 15 is 0 Å². The molecule has 3 aromatic rings. The van der Waals surface area contributed by atoms with Gasteiger partial charge in [-0.2, -0.15) is 0 Å². The third-order valence-electron chi connectivity index (χ3n) is 3.76. The predicted octanol–water partition coefficient (Wildman–Crippen LogP) is 6.08. The van der Waals surface area contributed by atoms with Crippen LogP contribution in [-0.2, 0) is 0 Å². The van der Waals surface area contributed by atoms with Gasteiger partial charge in [-0.25, -0.2) is 0 Å². The summed E-state index contributed by atoms with van der Waals surface area (Å²) in [5.41, 5.74) is 3.75. The van der Waals surface area contributed by atoms with Crippen LogP contribution in [-0.4, -0.2) is 0 Å². The Labute approximate surface area is 134 Å². The van der Waals surface area contributed by atoms with E-state index in [1.165, 1.54) is 21.9 Å². The van der Waals surface area contributed by atoms with Crippen LogP contribution >= 0.6 is 15.9 Å². The number of fused-ring (bicyclic) bond motifs is 1. The zero-order chi connectivity index (χ0) is 14.8. The summed E-state index contributed by atoms with van der Waals surface area (Å²) >= 11 is 3.51. The molecule has 3 rings (SSSR count). The molecule has 3 aromatic carbocycles. The first-order valence-corrected chi connectivity index (χ1v) is 7.93. The molecule has 0 aliphatic heterocycles. The van der Waals surface area contributed by atoms with Crippen LogP contribution < -0.4 is 5.32 Å². The molecule has 0 saturated carbocycles. The van der Waals surface area contributed by atoms with Gasteiger partial charge in [0.25, 0.3) is 0 Å². The molecule has 21 heavy (non-hydrogen) atoms. The van der Waals surface area contributed by atoms with Crippen molar-refractivity contribution in [2.75, 3.05) is 5.32 Å². The molecule has 0 spiro atoms. The highest BCUT2D eigenvalue weighted by Gasteiger charge is 2.05. The molecule has 0 radical (unpaired) electrons. The van der Waals surface area contributed by atoms with Gasteiger partial charge in [-0.15, -0.1) is 0 Å².